The number of H-pyrrole nitrogens is 1. The Hall–Kier alpha value is -1.85. The summed E-state index contributed by atoms with van der Waals surface area (Å²) in [6, 6.07) is 0. The van der Waals surface area contributed by atoms with Crippen molar-refractivity contribution in [1.82, 2.24) is 19.8 Å². The highest BCUT2D eigenvalue weighted by molar-refractivity contribution is 5.93. The number of hydrogen-bond acceptors (Lipinski definition) is 3. The molecule has 0 aliphatic carbocycles. The molecule has 0 unspecified atom stereocenters. The molecule has 0 saturated carbocycles. The number of amides is 2. The Bertz CT molecular complexity index is 393. The molecule has 2 rings (SSSR count). The molecule has 0 bridgehead atoms. The van der Waals surface area contributed by atoms with E-state index in [9.17, 15) is 9.59 Å². The summed E-state index contributed by atoms with van der Waals surface area (Å²) in [7, 11) is 0. The minimum absolute atomic E-state index is 0.0655. The van der Waals surface area contributed by atoms with Gasteiger partial charge >= 0.3 is 0 Å². The van der Waals surface area contributed by atoms with E-state index >= 15 is 0 Å². The summed E-state index contributed by atoms with van der Waals surface area (Å²) in [5, 5.41) is 0. The zero-order chi connectivity index (χ0) is 11.5. The number of rotatable bonds is 2. The maximum Gasteiger partial charge on any atom is 0.274 e. The van der Waals surface area contributed by atoms with Crippen molar-refractivity contribution in [3.63, 3.8) is 0 Å². The van der Waals surface area contributed by atoms with Crippen LogP contribution in [0.2, 0.25) is 0 Å². The van der Waals surface area contributed by atoms with Crippen molar-refractivity contribution in [3.8, 4) is 0 Å². The van der Waals surface area contributed by atoms with Crippen molar-refractivity contribution >= 4 is 12.3 Å². The number of nitrogens with one attached hydrogen (secondary N) is 1. The van der Waals surface area contributed by atoms with Crippen molar-refractivity contribution in [3.05, 3.63) is 17.7 Å². The van der Waals surface area contributed by atoms with Gasteiger partial charge in [0.25, 0.3) is 5.91 Å². The third kappa shape index (κ3) is 1.91. The van der Waals surface area contributed by atoms with Crippen LogP contribution in [0.5, 0.6) is 0 Å². The monoisotopic (exact) mass is 222 g/mol. The molecule has 6 heteroatoms. The van der Waals surface area contributed by atoms with Crippen LogP contribution in [-0.2, 0) is 4.79 Å². The van der Waals surface area contributed by atoms with Crippen molar-refractivity contribution in [2.45, 2.75) is 6.92 Å². The summed E-state index contributed by atoms with van der Waals surface area (Å²) in [5.41, 5.74) is 1.25. The van der Waals surface area contributed by atoms with Gasteiger partial charge in [0.2, 0.25) is 6.41 Å². The molecule has 0 spiro atoms. The van der Waals surface area contributed by atoms with Crippen molar-refractivity contribution < 1.29 is 9.59 Å². The zero-order valence-electron chi connectivity index (χ0n) is 9.14. The fraction of sp³-hybridized carbons (Fsp3) is 0.500. The maximum atomic E-state index is 12.0. The molecule has 0 aromatic carbocycles. The van der Waals surface area contributed by atoms with E-state index in [-0.39, 0.29) is 5.91 Å². The Balaban J connectivity index is 2.02. The van der Waals surface area contributed by atoms with Crippen LogP contribution in [0.1, 0.15) is 16.2 Å². The normalized spacial score (nSPS) is 16.3. The fourth-order valence-electron chi connectivity index (χ4n) is 1.75. The van der Waals surface area contributed by atoms with Gasteiger partial charge in [-0.05, 0) is 6.92 Å². The van der Waals surface area contributed by atoms with Crippen molar-refractivity contribution in [2.75, 3.05) is 26.2 Å². The fourth-order valence-corrected chi connectivity index (χ4v) is 1.75. The van der Waals surface area contributed by atoms with Gasteiger partial charge in [-0.25, -0.2) is 4.98 Å². The Morgan fingerprint density at radius 3 is 2.62 bits per heavy atom. The molecule has 16 heavy (non-hydrogen) atoms. The summed E-state index contributed by atoms with van der Waals surface area (Å²) >= 11 is 0. The summed E-state index contributed by atoms with van der Waals surface area (Å²) in [6.07, 6.45) is 2.34. The molecule has 1 fully saturated rings. The molecule has 6 nitrogen and oxygen atoms in total. The molecule has 1 aliphatic heterocycles. The van der Waals surface area contributed by atoms with Gasteiger partial charge in [-0.2, -0.15) is 0 Å². The van der Waals surface area contributed by atoms with E-state index in [0.717, 1.165) is 12.1 Å². The van der Waals surface area contributed by atoms with Crippen LogP contribution in [0.15, 0.2) is 6.33 Å². The summed E-state index contributed by atoms with van der Waals surface area (Å²) in [6.45, 7) is 4.16. The molecule has 1 N–H and O–H groups in total. The topological polar surface area (TPSA) is 69.3 Å². The predicted octanol–water partition coefficient (Wildman–Crippen LogP) is -0.368. The number of nitrogens with zero attached hydrogens (tertiary/aromatic N) is 3. The van der Waals surface area contributed by atoms with Gasteiger partial charge in [0.1, 0.15) is 5.69 Å². The number of imidazole rings is 1. The Labute approximate surface area is 93.3 Å². The second-order valence-electron chi connectivity index (χ2n) is 3.81. The molecule has 0 radical (unpaired) electrons. The summed E-state index contributed by atoms with van der Waals surface area (Å²) in [5.74, 6) is -0.0655. The van der Waals surface area contributed by atoms with E-state index in [0.29, 0.717) is 31.9 Å². The third-order valence-corrected chi connectivity index (χ3v) is 2.78. The number of carbonyl (C=O) groups is 2. The minimum atomic E-state index is -0.0655. The van der Waals surface area contributed by atoms with Gasteiger partial charge in [0, 0.05) is 31.9 Å². The maximum absolute atomic E-state index is 12.0. The van der Waals surface area contributed by atoms with Crippen LogP contribution in [0.25, 0.3) is 0 Å². The lowest BCUT2D eigenvalue weighted by molar-refractivity contribution is -0.119. The van der Waals surface area contributed by atoms with Gasteiger partial charge in [0.15, 0.2) is 0 Å². The smallest absolute Gasteiger partial charge is 0.274 e. The van der Waals surface area contributed by atoms with Gasteiger partial charge in [-0.15, -0.1) is 0 Å². The number of aryl methyl sites for hydroxylation is 1. The van der Waals surface area contributed by atoms with E-state index in [1.54, 1.807) is 9.80 Å². The molecule has 0 atom stereocenters. The number of hydrogen-bond donors (Lipinski definition) is 1. The molecular weight excluding hydrogens is 208 g/mol. The van der Waals surface area contributed by atoms with Crippen LogP contribution >= 0.6 is 0 Å². The number of carbonyl (C=O) groups excluding carboxylic acids is 2. The first-order chi connectivity index (χ1) is 7.72. The molecule has 1 aliphatic rings. The minimum Gasteiger partial charge on any atom is -0.348 e. The largest absolute Gasteiger partial charge is 0.348 e. The van der Waals surface area contributed by atoms with E-state index < -0.39 is 0 Å². The second kappa shape index (κ2) is 4.34. The lowest BCUT2D eigenvalue weighted by Gasteiger charge is -2.32. The van der Waals surface area contributed by atoms with Gasteiger partial charge in [0.05, 0.1) is 6.33 Å². The lowest BCUT2D eigenvalue weighted by Crippen LogP contribution is -2.48. The predicted molar refractivity (Wildman–Crippen MR) is 56.9 cm³/mol. The van der Waals surface area contributed by atoms with Gasteiger partial charge in [-0.3, -0.25) is 9.59 Å². The van der Waals surface area contributed by atoms with Crippen LogP contribution < -0.4 is 0 Å². The Morgan fingerprint density at radius 1 is 1.44 bits per heavy atom. The molecular formula is C10H14N4O2. The average Bonchev–Trinajstić information content (AvgIpc) is 2.75. The van der Waals surface area contributed by atoms with Crippen LogP contribution in [0.3, 0.4) is 0 Å². The van der Waals surface area contributed by atoms with E-state index in [2.05, 4.69) is 9.97 Å². The first-order valence-electron chi connectivity index (χ1n) is 5.21. The summed E-state index contributed by atoms with van der Waals surface area (Å²) < 4.78 is 0. The second-order valence-corrected chi connectivity index (χ2v) is 3.81. The Kier molecular flexibility index (Phi) is 2.89. The van der Waals surface area contributed by atoms with Crippen molar-refractivity contribution in [1.29, 1.82) is 0 Å². The SMILES string of the molecule is Cc1[nH]cnc1C(=O)N1CCN(C=O)CC1. The molecule has 2 amide bonds. The van der Waals surface area contributed by atoms with Crippen LogP contribution in [-0.4, -0.2) is 58.3 Å². The van der Waals surface area contributed by atoms with Crippen molar-refractivity contribution in [2.24, 2.45) is 0 Å². The third-order valence-electron chi connectivity index (χ3n) is 2.78. The first kappa shape index (κ1) is 10.7. The highest BCUT2D eigenvalue weighted by atomic mass is 16.2. The molecule has 1 saturated heterocycles. The van der Waals surface area contributed by atoms with Crippen LogP contribution in [0.4, 0.5) is 0 Å². The highest BCUT2D eigenvalue weighted by Gasteiger charge is 2.23. The van der Waals surface area contributed by atoms with E-state index in [1.165, 1.54) is 6.33 Å². The molecule has 1 aromatic rings. The van der Waals surface area contributed by atoms with Crippen LogP contribution in [0, 0.1) is 6.92 Å². The highest BCUT2D eigenvalue weighted by Crippen LogP contribution is 2.08. The molecule has 2 heterocycles. The molecule has 1 aromatic heterocycles. The summed E-state index contributed by atoms with van der Waals surface area (Å²) in [4.78, 5) is 32.8. The molecule has 86 valence electrons. The number of piperazine rings is 1. The van der Waals surface area contributed by atoms with E-state index in [1.807, 2.05) is 6.92 Å². The number of aromatic nitrogens is 2. The van der Waals surface area contributed by atoms with E-state index in [4.69, 9.17) is 0 Å². The van der Waals surface area contributed by atoms with Gasteiger partial charge < -0.3 is 14.8 Å². The quantitative estimate of drug-likeness (QED) is 0.694. The average molecular weight is 222 g/mol. The zero-order valence-corrected chi connectivity index (χ0v) is 9.14. The van der Waals surface area contributed by atoms with Gasteiger partial charge in [-0.1, -0.05) is 0 Å². The first-order valence-corrected chi connectivity index (χ1v) is 5.21. The lowest BCUT2D eigenvalue weighted by atomic mass is 10.2. The standard InChI is InChI=1S/C10H14N4O2/c1-8-9(12-6-11-8)10(16)14-4-2-13(7-15)3-5-14/h6-7H,2-5H2,1H3,(H,11,12). The Morgan fingerprint density at radius 2 is 2.12 bits per heavy atom. The number of aromatic amines is 1.